The van der Waals surface area contributed by atoms with Crippen molar-refractivity contribution in [1.82, 2.24) is 5.32 Å². The van der Waals surface area contributed by atoms with Crippen LogP contribution < -0.4 is 5.32 Å². The van der Waals surface area contributed by atoms with Gasteiger partial charge in [0.25, 0.3) is 0 Å². The number of aryl methyl sites for hydroxylation is 6. The molecule has 0 amide bonds. The van der Waals surface area contributed by atoms with Crippen LogP contribution in [0, 0.1) is 55.4 Å². The normalized spacial score (nSPS) is 9.75. The minimum atomic E-state index is 0. The van der Waals surface area contributed by atoms with Crippen LogP contribution in [0.5, 0.6) is 0 Å². The Hall–Kier alpha value is -2.94. The third kappa shape index (κ3) is 13.4. The quantitative estimate of drug-likeness (QED) is 0.157. The largest absolute Gasteiger partial charge is 4.00 e. The SMILES string of the molecule is Cc1cc(C)c([N-]CCNCC[N-]c2c(C)cc(C)cc2C)c(C)c1.[CH2-]c1ccccc1.[CH2-]c1ccccc1.[Zr+4]. The molecule has 1 N–H and O–H groups in total. The third-order valence-corrected chi connectivity index (χ3v) is 6.07. The van der Waals surface area contributed by atoms with Gasteiger partial charge in [-0.15, -0.1) is 48.7 Å². The van der Waals surface area contributed by atoms with Gasteiger partial charge in [0.2, 0.25) is 0 Å². The van der Waals surface area contributed by atoms with Gasteiger partial charge in [-0.2, -0.15) is 49.2 Å². The van der Waals surface area contributed by atoms with Crippen molar-refractivity contribution >= 4 is 11.4 Å². The van der Waals surface area contributed by atoms with Gasteiger partial charge >= 0.3 is 26.2 Å². The Kier molecular flexibility index (Phi) is 16.8. The summed E-state index contributed by atoms with van der Waals surface area (Å²) < 4.78 is 0. The first-order valence-corrected chi connectivity index (χ1v) is 13.6. The Morgan fingerprint density at radius 2 is 0.825 bits per heavy atom. The Labute approximate surface area is 263 Å². The molecule has 3 nitrogen and oxygen atoms in total. The van der Waals surface area contributed by atoms with Crippen molar-refractivity contribution in [3.63, 3.8) is 0 Å². The zero-order valence-corrected chi connectivity index (χ0v) is 27.7. The standard InChI is InChI=1S/C22H31N3.2C7H7.Zr/c1-15-11-17(3)21(18(4)12-15)24-9-7-23-8-10-25-22-19(5)13-16(2)14-20(22)6;2*1-7-5-3-2-4-6-7;/h11-14,23H,7-10H2,1-6H3;2*2-6H,1H2;/q-2;2*-1;+4. The molecule has 0 aliphatic rings. The van der Waals surface area contributed by atoms with Gasteiger partial charge in [-0.25, -0.2) is 0 Å². The van der Waals surface area contributed by atoms with Gasteiger partial charge in [0, 0.05) is 0 Å². The topological polar surface area (TPSA) is 40.2 Å². The Morgan fingerprint density at radius 1 is 0.525 bits per heavy atom. The summed E-state index contributed by atoms with van der Waals surface area (Å²) in [6.45, 7) is 23.6. The van der Waals surface area contributed by atoms with Gasteiger partial charge in [-0.1, -0.05) is 69.8 Å². The van der Waals surface area contributed by atoms with Crippen LogP contribution in [0.1, 0.15) is 44.5 Å². The molecule has 40 heavy (non-hydrogen) atoms. The van der Waals surface area contributed by atoms with Gasteiger partial charge in [0.1, 0.15) is 0 Å². The fourth-order valence-electron chi connectivity index (χ4n) is 4.42. The molecule has 0 radical (unpaired) electrons. The Balaban J connectivity index is 0.000000432. The maximum atomic E-state index is 4.75. The van der Waals surface area contributed by atoms with E-state index in [4.69, 9.17) is 10.6 Å². The van der Waals surface area contributed by atoms with Crippen LogP contribution in [-0.4, -0.2) is 26.2 Å². The van der Waals surface area contributed by atoms with Crippen molar-refractivity contribution in [2.24, 2.45) is 0 Å². The van der Waals surface area contributed by atoms with E-state index in [1.54, 1.807) is 0 Å². The molecule has 0 aliphatic heterocycles. The fourth-order valence-corrected chi connectivity index (χ4v) is 4.42. The van der Waals surface area contributed by atoms with E-state index in [-0.39, 0.29) is 26.2 Å². The van der Waals surface area contributed by atoms with E-state index in [9.17, 15) is 0 Å². The third-order valence-electron chi connectivity index (χ3n) is 6.07. The smallest absolute Gasteiger partial charge is 0.683 e. The second kappa shape index (κ2) is 19.2. The maximum Gasteiger partial charge on any atom is 4.00 e. The zero-order chi connectivity index (χ0) is 28.6. The number of rotatable bonds is 8. The molecule has 4 aromatic rings. The summed E-state index contributed by atoms with van der Waals surface area (Å²) in [6.07, 6.45) is 0. The molecular formula is C36H45N3Zr. The number of nitrogens with zero attached hydrogens (tertiary/aromatic N) is 2. The predicted molar refractivity (Wildman–Crippen MR) is 172 cm³/mol. The van der Waals surface area contributed by atoms with Gasteiger partial charge in [0.05, 0.1) is 0 Å². The van der Waals surface area contributed by atoms with Gasteiger partial charge < -0.3 is 16.0 Å². The first-order chi connectivity index (χ1) is 18.7. The fraction of sp³-hybridized carbons (Fsp3) is 0.278. The molecule has 0 fully saturated rings. The molecule has 0 bridgehead atoms. The molecule has 0 heterocycles. The van der Waals surface area contributed by atoms with Gasteiger partial charge in [-0.05, 0) is 54.6 Å². The minimum Gasteiger partial charge on any atom is -0.683 e. The molecule has 4 aromatic carbocycles. The summed E-state index contributed by atoms with van der Waals surface area (Å²) in [5, 5.41) is 12.9. The van der Waals surface area contributed by atoms with Crippen LogP contribution in [0.15, 0.2) is 84.9 Å². The van der Waals surface area contributed by atoms with Crippen molar-refractivity contribution in [3.8, 4) is 0 Å². The average Bonchev–Trinajstić information content (AvgIpc) is 2.87. The van der Waals surface area contributed by atoms with E-state index in [2.05, 4.69) is 85.0 Å². The van der Waals surface area contributed by atoms with Crippen LogP contribution in [0.4, 0.5) is 11.4 Å². The monoisotopic (exact) mass is 609 g/mol. The van der Waals surface area contributed by atoms with Crippen LogP contribution in [0.2, 0.25) is 0 Å². The molecule has 4 heteroatoms. The van der Waals surface area contributed by atoms with Gasteiger partial charge in [-0.3, -0.25) is 0 Å². The maximum absolute atomic E-state index is 4.75. The average molecular weight is 611 g/mol. The Bertz CT molecular complexity index is 1110. The second-order valence-corrected chi connectivity index (χ2v) is 9.98. The molecule has 0 saturated heterocycles. The van der Waals surface area contributed by atoms with Crippen LogP contribution in [0.25, 0.3) is 10.6 Å². The van der Waals surface area contributed by atoms with Crippen LogP contribution in [-0.2, 0) is 26.2 Å². The van der Waals surface area contributed by atoms with Crippen molar-refractivity contribution in [2.75, 3.05) is 26.2 Å². The summed E-state index contributed by atoms with van der Waals surface area (Å²) in [5.41, 5.74) is 12.1. The van der Waals surface area contributed by atoms with E-state index < -0.39 is 0 Å². The molecule has 4 rings (SSSR count). The zero-order valence-electron chi connectivity index (χ0n) is 25.2. The Morgan fingerprint density at radius 3 is 1.07 bits per heavy atom. The minimum absolute atomic E-state index is 0. The van der Waals surface area contributed by atoms with E-state index in [0.717, 1.165) is 48.7 Å². The van der Waals surface area contributed by atoms with Crippen molar-refractivity contribution in [3.05, 3.63) is 154 Å². The van der Waals surface area contributed by atoms with Crippen molar-refractivity contribution in [1.29, 1.82) is 0 Å². The molecule has 0 atom stereocenters. The number of hydrogen-bond donors (Lipinski definition) is 1. The molecule has 0 spiro atoms. The summed E-state index contributed by atoms with van der Waals surface area (Å²) in [5.74, 6) is 0. The molecule has 0 aromatic heterocycles. The van der Waals surface area contributed by atoms with Gasteiger partial charge in [0.15, 0.2) is 0 Å². The van der Waals surface area contributed by atoms with Crippen LogP contribution in [0.3, 0.4) is 0 Å². The predicted octanol–water partition coefficient (Wildman–Crippen LogP) is 9.57. The molecular weight excluding hydrogens is 566 g/mol. The van der Waals surface area contributed by atoms with E-state index in [0.29, 0.717) is 0 Å². The summed E-state index contributed by atoms with van der Waals surface area (Å²) in [7, 11) is 0. The van der Waals surface area contributed by atoms with E-state index in [1.165, 1.54) is 33.4 Å². The number of hydrogen-bond acceptors (Lipinski definition) is 1. The van der Waals surface area contributed by atoms with Crippen molar-refractivity contribution < 1.29 is 26.2 Å². The van der Waals surface area contributed by atoms with Crippen LogP contribution >= 0.6 is 0 Å². The molecule has 0 saturated carbocycles. The van der Waals surface area contributed by atoms with E-state index in [1.807, 2.05) is 60.7 Å². The number of benzene rings is 4. The summed E-state index contributed by atoms with van der Waals surface area (Å²) in [6, 6.07) is 28.5. The molecule has 208 valence electrons. The second-order valence-electron chi connectivity index (χ2n) is 9.98. The number of nitrogens with one attached hydrogen (secondary N) is 1. The first-order valence-electron chi connectivity index (χ1n) is 13.6. The summed E-state index contributed by atoms with van der Waals surface area (Å²) in [4.78, 5) is 0. The molecule has 0 aliphatic carbocycles. The summed E-state index contributed by atoms with van der Waals surface area (Å²) >= 11 is 0. The first kappa shape index (κ1) is 35.1. The van der Waals surface area contributed by atoms with Crippen molar-refractivity contribution in [2.45, 2.75) is 41.5 Å². The van der Waals surface area contributed by atoms with E-state index >= 15 is 0 Å². The molecule has 0 unspecified atom stereocenters.